The van der Waals surface area contributed by atoms with Crippen molar-refractivity contribution in [2.24, 2.45) is 0 Å². The molecule has 0 spiro atoms. The molecule has 0 bridgehead atoms. The van der Waals surface area contributed by atoms with Crippen LogP contribution < -0.4 is 0 Å². The van der Waals surface area contributed by atoms with Crippen molar-refractivity contribution in [3.8, 4) is 11.5 Å². The van der Waals surface area contributed by atoms with E-state index in [2.05, 4.69) is 0 Å². The van der Waals surface area contributed by atoms with Crippen molar-refractivity contribution < 1.29 is 19.8 Å². The molecule has 4 nitrogen and oxygen atoms in total. The van der Waals surface area contributed by atoms with Gasteiger partial charge in [-0.2, -0.15) is 0 Å². The monoisotopic (exact) mass is 268 g/mol. The zero-order valence-corrected chi connectivity index (χ0v) is 11.0. The Morgan fingerprint density at radius 3 is 2.25 bits per heavy atom. The van der Waals surface area contributed by atoms with E-state index in [1.54, 1.807) is 26.0 Å². The molecule has 2 aromatic carbocycles. The molecule has 4 heteroatoms. The van der Waals surface area contributed by atoms with E-state index >= 15 is 0 Å². The molecular weight excluding hydrogens is 256 g/mol. The number of ketones is 2. The molecule has 3 rings (SSSR count). The minimum atomic E-state index is -0.520. The van der Waals surface area contributed by atoms with Gasteiger partial charge in [-0.1, -0.05) is 6.07 Å². The van der Waals surface area contributed by atoms with Gasteiger partial charge in [-0.3, -0.25) is 9.59 Å². The van der Waals surface area contributed by atoms with Crippen LogP contribution in [0.1, 0.15) is 43.0 Å². The summed E-state index contributed by atoms with van der Waals surface area (Å²) in [6, 6.07) is 6.14. The van der Waals surface area contributed by atoms with Crippen LogP contribution in [0.25, 0.3) is 0 Å². The van der Waals surface area contributed by atoms with Crippen molar-refractivity contribution in [3.63, 3.8) is 0 Å². The number of hydrogen-bond acceptors (Lipinski definition) is 4. The van der Waals surface area contributed by atoms with Gasteiger partial charge in [-0.25, -0.2) is 0 Å². The highest BCUT2D eigenvalue weighted by Gasteiger charge is 2.34. The summed E-state index contributed by atoms with van der Waals surface area (Å²) in [4.78, 5) is 24.9. The van der Waals surface area contributed by atoms with Crippen LogP contribution in [0.15, 0.2) is 24.3 Å². The van der Waals surface area contributed by atoms with Gasteiger partial charge in [-0.15, -0.1) is 0 Å². The lowest BCUT2D eigenvalue weighted by Gasteiger charge is -2.20. The second-order valence-electron chi connectivity index (χ2n) is 5.02. The quantitative estimate of drug-likeness (QED) is 0.657. The summed E-state index contributed by atoms with van der Waals surface area (Å²) in [5.41, 5.74) is 1.51. The Hall–Kier alpha value is -2.62. The van der Waals surface area contributed by atoms with Crippen LogP contribution in [0.4, 0.5) is 0 Å². The van der Waals surface area contributed by atoms with E-state index in [9.17, 15) is 19.8 Å². The van der Waals surface area contributed by atoms with Gasteiger partial charge in [0, 0.05) is 11.1 Å². The molecule has 20 heavy (non-hydrogen) atoms. The normalized spacial score (nSPS) is 13.1. The predicted molar refractivity (Wildman–Crippen MR) is 72.6 cm³/mol. The Morgan fingerprint density at radius 2 is 1.55 bits per heavy atom. The highest BCUT2D eigenvalue weighted by molar-refractivity contribution is 6.30. The number of benzene rings is 2. The number of rotatable bonds is 0. The van der Waals surface area contributed by atoms with E-state index in [-0.39, 0.29) is 39.5 Å². The first kappa shape index (κ1) is 12.4. The second kappa shape index (κ2) is 3.93. The molecule has 2 N–H and O–H groups in total. The lowest BCUT2D eigenvalue weighted by atomic mass is 9.81. The van der Waals surface area contributed by atoms with Crippen molar-refractivity contribution in [2.45, 2.75) is 13.8 Å². The number of carbonyl (C=O) groups is 2. The molecule has 0 amide bonds. The van der Waals surface area contributed by atoms with Gasteiger partial charge in [0.1, 0.15) is 11.5 Å². The summed E-state index contributed by atoms with van der Waals surface area (Å²) in [6.07, 6.45) is 0. The average Bonchev–Trinajstić information content (AvgIpc) is 2.38. The summed E-state index contributed by atoms with van der Waals surface area (Å²) < 4.78 is 0. The van der Waals surface area contributed by atoms with Gasteiger partial charge >= 0.3 is 0 Å². The molecule has 0 saturated carbocycles. The second-order valence-corrected chi connectivity index (χ2v) is 5.02. The Labute approximate surface area is 115 Å². The van der Waals surface area contributed by atoms with Crippen LogP contribution in [-0.2, 0) is 0 Å². The molecule has 0 heterocycles. The first-order valence-corrected chi connectivity index (χ1v) is 6.17. The third-order valence-electron chi connectivity index (χ3n) is 3.58. The van der Waals surface area contributed by atoms with Gasteiger partial charge < -0.3 is 10.2 Å². The largest absolute Gasteiger partial charge is 0.507 e. The fourth-order valence-electron chi connectivity index (χ4n) is 2.57. The zero-order chi connectivity index (χ0) is 14.6. The van der Waals surface area contributed by atoms with Gasteiger partial charge in [0.15, 0.2) is 5.78 Å². The van der Waals surface area contributed by atoms with Gasteiger partial charge in [0.05, 0.1) is 11.1 Å². The first-order chi connectivity index (χ1) is 9.41. The maximum absolute atomic E-state index is 12.5. The molecule has 0 fully saturated rings. The summed E-state index contributed by atoms with van der Waals surface area (Å²) in [6.45, 7) is 3.39. The molecule has 0 atom stereocenters. The minimum absolute atomic E-state index is 0.0262. The maximum Gasteiger partial charge on any atom is 0.201 e. The average molecular weight is 268 g/mol. The molecule has 0 aliphatic heterocycles. The third-order valence-corrected chi connectivity index (χ3v) is 3.58. The molecule has 1 aliphatic carbocycles. The van der Waals surface area contributed by atoms with E-state index in [0.717, 1.165) is 0 Å². The molecule has 0 saturated heterocycles. The Bertz CT molecular complexity index is 788. The van der Waals surface area contributed by atoms with Crippen molar-refractivity contribution >= 4 is 11.6 Å². The maximum atomic E-state index is 12.5. The molecule has 0 radical (unpaired) electrons. The summed E-state index contributed by atoms with van der Waals surface area (Å²) >= 11 is 0. The molecule has 100 valence electrons. The molecule has 0 unspecified atom stereocenters. The number of phenolic OH excluding ortho intramolecular Hbond substituents is 2. The van der Waals surface area contributed by atoms with E-state index in [0.29, 0.717) is 11.1 Å². The Kier molecular flexibility index (Phi) is 2.44. The number of phenols is 2. The Morgan fingerprint density at radius 1 is 0.850 bits per heavy atom. The van der Waals surface area contributed by atoms with Crippen LogP contribution in [0.5, 0.6) is 11.5 Å². The van der Waals surface area contributed by atoms with E-state index in [1.807, 2.05) is 0 Å². The van der Waals surface area contributed by atoms with E-state index in [4.69, 9.17) is 0 Å². The topological polar surface area (TPSA) is 74.6 Å². The highest BCUT2D eigenvalue weighted by Crippen LogP contribution is 2.38. The van der Waals surface area contributed by atoms with Crippen LogP contribution in [-0.4, -0.2) is 21.8 Å². The van der Waals surface area contributed by atoms with Gasteiger partial charge in [-0.05, 0) is 43.2 Å². The van der Waals surface area contributed by atoms with Crippen LogP contribution in [0, 0.1) is 13.8 Å². The lowest BCUT2D eigenvalue weighted by Crippen LogP contribution is -2.21. The number of aromatic hydroxyl groups is 2. The van der Waals surface area contributed by atoms with Crippen molar-refractivity contribution in [1.82, 2.24) is 0 Å². The van der Waals surface area contributed by atoms with Crippen molar-refractivity contribution in [1.29, 1.82) is 0 Å². The van der Waals surface area contributed by atoms with Gasteiger partial charge in [0.2, 0.25) is 5.78 Å². The highest BCUT2D eigenvalue weighted by atomic mass is 16.3. The SMILES string of the molecule is Cc1cc(O)c2c(c1)C(=O)c1ccc(C)c(O)c1C2=O. The molecule has 2 aromatic rings. The minimum Gasteiger partial charge on any atom is -0.507 e. The summed E-state index contributed by atoms with van der Waals surface area (Å²) in [5.74, 6) is -1.31. The standard InChI is InChI=1S/C16H12O4/c1-7-5-10-12(11(17)6-7)16(20)13-9(15(10)19)4-3-8(2)14(13)18/h3-6,17-18H,1-2H3. The number of carbonyl (C=O) groups excluding carboxylic acids is 2. The molecular formula is C16H12O4. The third kappa shape index (κ3) is 1.48. The number of fused-ring (bicyclic) bond motifs is 2. The van der Waals surface area contributed by atoms with Crippen LogP contribution >= 0.6 is 0 Å². The predicted octanol–water partition coefficient (Wildman–Crippen LogP) is 2.49. The summed E-state index contributed by atoms with van der Waals surface area (Å²) in [5, 5.41) is 20.0. The fraction of sp³-hybridized carbons (Fsp3) is 0.125. The van der Waals surface area contributed by atoms with Crippen molar-refractivity contribution in [3.05, 3.63) is 57.6 Å². The number of aryl methyl sites for hydroxylation is 2. The fourth-order valence-corrected chi connectivity index (χ4v) is 2.57. The number of hydrogen-bond donors (Lipinski definition) is 2. The molecule has 1 aliphatic rings. The van der Waals surface area contributed by atoms with Crippen LogP contribution in [0.2, 0.25) is 0 Å². The van der Waals surface area contributed by atoms with Crippen LogP contribution in [0.3, 0.4) is 0 Å². The van der Waals surface area contributed by atoms with E-state index < -0.39 is 5.78 Å². The van der Waals surface area contributed by atoms with E-state index in [1.165, 1.54) is 12.1 Å². The van der Waals surface area contributed by atoms with Crippen molar-refractivity contribution in [2.75, 3.05) is 0 Å². The summed E-state index contributed by atoms with van der Waals surface area (Å²) in [7, 11) is 0. The Balaban J connectivity index is 2.40. The zero-order valence-electron chi connectivity index (χ0n) is 11.0. The van der Waals surface area contributed by atoms with Gasteiger partial charge in [0.25, 0.3) is 0 Å². The lowest BCUT2D eigenvalue weighted by molar-refractivity contribution is 0.0974. The first-order valence-electron chi connectivity index (χ1n) is 6.17. The smallest absolute Gasteiger partial charge is 0.201 e. The molecule has 0 aromatic heterocycles.